The maximum absolute atomic E-state index is 5.40. The van der Waals surface area contributed by atoms with E-state index in [2.05, 4.69) is 25.8 Å². The van der Waals surface area contributed by atoms with E-state index in [0.717, 1.165) is 20.5 Å². The summed E-state index contributed by atoms with van der Waals surface area (Å²) in [6.45, 7) is 0. The molecule has 0 unspecified atom stereocenters. The molecule has 22 heavy (non-hydrogen) atoms. The van der Waals surface area contributed by atoms with Crippen LogP contribution in [0.2, 0.25) is 0 Å². The summed E-state index contributed by atoms with van der Waals surface area (Å²) in [5.41, 5.74) is 0.648. The highest BCUT2D eigenvalue weighted by Gasteiger charge is 2.15. The van der Waals surface area contributed by atoms with Crippen molar-refractivity contribution in [2.45, 2.75) is 4.90 Å². The van der Waals surface area contributed by atoms with Crippen molar-refractivity contribution in [3.63, 3.8) is 0 Å². The number of ether oxygens (including phenoxy) is 2. The molecular weight excluding hydrogens is 368 g/mol. The highest BCUT2D eigenvalue weighted by atomic mass is 79.9. The molecule has 0 atom stereocenters. The monoisotopic (exact) mass is 380 g/mol. The Hall–Kier alpha value is -1.86. The van der Waals surface area contributed by atoms with Crippen molar-refractivity contribution < 1.29 is 14.0 Å². The van der Waals surface area contributed by atoms with Gasteiger partial charge in [0.05, 0.1) is 19.1 Å². The van der Waals surface area contributed by atoms with Crippen LogP contribution in [0.25, 0.3) is 11.0 Å². The molecule has 0 radical (unpaired) electrons. The van der Waals surface area contributed by atoms with Gasteiger partial charge in [-0.2, -0.15) is 0 Å². The summed E-state index contributed by atoms with van der Waals surface area (Å²) in [5.74, 6) is 2.09. The first-order valence-corrected chi connectivity index (χ1v) is 8.02. The Morgan fingerprint density at radius 2 is 1.91 bits per heavy atom. The normalized spacial score (nSPS) is 10.7. The number of benzene rings is 2. The molecule has 0 saturated carbocycles. The van der Waals surface area contributed by atoms with Crippen LogP contribution in [0.5, 0.6) is 11.5 Å². The third kappa shape index (κ3) is 2.86. The second-order valence-electron chi connectivity index (χ2n) is 4.37. The summed E-state index contributed by atoms with van der Waals surface area (Å²) < 4.78 is 20.1. The van der Waals surface area contributed by atoms with Crippen molar-refractivity contribution in [3.8, 4) is 11.5 Å². The molecular formula is C15H13BrN2O3S. The van der Waals surface area contributed by atoms with Gasteiger partial charge in [0, 0.05) is 4.47 Å². The number of hydrogen-bond acceptors (Lipinski definition) is 6. The van der Waals surface area contributed by atoms with Crippen molar-refractivity contribution >= 4 is 44.7 Å². The van der Waals surface area contributed by atoms with Crippen LogP contribution in [0.4, 0.5) is 5.82 Å². The van der Waals surface area contributed by atoms with E-state index in [1.54, 1.807) is 14.2 Å². The minimum atomic E-state index is 0.607. The zero-order valence-corrected chi connectivity index (χ0v) is 14.3. The van der Waals surface area contributed by atoms with Crippen LogP contribution < -0.4 is 14.2 Å². The first-order valence-electron chi connectivity index (χ1n) is 6.41. The number of fused-ring (bicyclic) bond motifs is 1. The molecule has 114 valence electrons. The second kappa shape index (κ2) is 6.50. The Balaban J connectivity index is 1.91. The van der Waals surface area contributed by atoms with Gasteiger partial charge < -0.3 is 18.7 Å². The first-order chi connectivity index (χ1) is 10.7. The molecule has 0 aliphatic carbocycles. The van der Waals surface area contributed by atoms with Gasteiger partial charge in [0.2, 0.25) is 0 Å². The molecule has 0 spiro atoms. The maximum Gasteiger partial charge on any atom is 0.191 e. The molecule has 2 aromatic carbocycles. The van der Waals surface area contributed by atoms with Gasteiger partial charge in [-0.15, -0.1) is 0 Å². The van der Waals surface area contributed by atoms with E-state index in [9.17, 15) is 0 Å². The molecule has 0 bridgehead atoms. The third-order valence-corrected chi connectivity index (χ3v) is 4.36. The van der Waals surface area contributed by atoms with Gasteiger partial charge in [-0.05, 0) is 36.2 Å². The van der Waals surface area contributed by atoms with Gasteiger partial charge in [-0.1, -0.05) is 33.2 Å². The van der Waals surface area contributed by atoms with Crippen LogP contribution in [0.15, 0.2) is 50.3 Å². The van der Waals surface area contributed by atoms with E-state index >= 15 is 0 Å². The number of anilines is 1. The van der Waals surface area contributed by atoms with E-state index in [1.165, 1.54) is 11.9 Å². The van der Waals surface area contributed by atoms with Crippen molar-refractivity contribution in [1.29, 1.82) is 0 Å². The summed E-state index contributed by atoms with van der Waals surface area (Å²) in [6, 6.07) is 11.5. The van der Waals surface area contributed by atoms with Gasteiger partial charge in [0.25, 0.3) is 0 Å². The molecule has 3 rings (SSSR count). The van der Waals surface area contributed by atoms with Crippen LogP contribution in [-0.4, -0.2) is 19.4 Å². The van der Waals surface area contributed by atoms with E-state index < -0.39 is 0 Å². The molecule has 3 aromatic rings. The fourth-order valence-electron chi connectivity index (χ4n) is 2.04. The van der Waals surface area contributed by atoms with Crippen molar-refractivity contribution in [1.82, 2.24) is 5.16 Å². The maximum atomic E-state index is 5.40. The van der Waals surface area contributed by atoms with Gasteiger partial charge >= 0.3 is 0 Å². The second-order valence-corrected chi connectivity index (χ2v) is 6.13. The van der Waals surface area contributed by atoms with Crippen LogP contribution in [-0.2, 0) is 0 Å². The summed E-state index contributed by atoms with van der Waals surface area (Å²) >= 11 is 4.82. The largest absolute Gasteiger partial charge is 0.496 e. The first kappa shape index (κ1) is 15.1. The Bertz CT molecular complexity index is 807. The van der Waals surface area contributed by atoms with Gasteiger partial charge in [-0.3, -0.25) is 0 Å². The highest BCUT2D eigenvalue weighted by Crippen LogP contribution is 2.37. The molecule has 0 aliphatic heterocycles. The standard InChI is InChI=1S/C15H13BrN2O3S/c1-19-10-5-3-4-6-13(10)22-18-15-14-11(20-2)7-9(16)8-12(14)21-17-15/h3-8H,1-2H3,(H,17,18). The lowest BCUT2D eigenvalue weighted by molar-refractivity contribution is 0.405. The van der Waals surface area contributed by atoms with Crippen molar-refractivity contribution in [2.75, 3.05) is 18.9 Å². The number of hydrogen-bond donors (Lipinski definition) is 1. The minimum absolute atomic E-state index is 0.607. The molecule has 1 aromatic heterocycles. The summed E-state index contributed by atoms with van der Waals surface area (Å²) in [5, 5.41) is 4.87. The average Bonchev–Trinajstić information content (AvgIpc) is 2.95. The molecule has 5 nitrogen and oxygen atoms in total. The topological polar surface area (TPSA) is 56.5 Å². The Labute approximate surface area is 140 Å². The van der Waals surface area contributed by atoms with E-state index in [4.69, 9.17) is 14.0 Å². The summed E-state index contributed by atoms with van der Waals surface area (Å²) in [6.07, 6.45) is 0. The minimum Gasteiger partial charge on any atom is -0.496 e. The average molecular weight is 381 g/mol. The molecule has 0 fully saturated rings. The zero-order chi connectivity index (χ0) is 15.5. The number of aromatic nitrogens is 1. The highest BCUT2D eigenvalue weighted by molar-refractivity contribution is 9.10. The zero-order valence-electron chi connectivity index (χ0n) is 11.9. The van der Waals surface area contributed by atoms with Crippen LogP contribution >= 0.6 is 27.9 Å². The van der Waals surface area contributed by atoms with Gasteiger partial charge in [0.1, 0.15) is 16.9 Å². The fraction of sp³-hybridized carbons (Fsp3) is 0.133. The number of halogens is 1. The molecule has 0 saturated heterocycles. The lowest BCUT2D eigenvalue weighted by Gasteiger charge is -2.08. The molecule has 0 aliphatic rings. The summed E-state index contributed by atoms with van der Waals surface area (Å²) in [7, 11) is 3.26. The van der Waals surface area contributed by atoms with Gasteiger partial charge in [-0.25, -0.2) is 0 Å². The Morgan fingerprint density at radius 1 is 1.14 bits per heavy atom. The smallest absolute Gasteiger partial charge is 0.191 e. The van der Waals surface area contributed by atoms with Crippen LogP contribution in [0.3, 0.4) is 0 Å². The third-order valence-electron chi connectivity index (χ3n) is 3.05. The number of para-hydroxylation sites is 1. The molecule has 0 amide bonds. The number of nitrogens with one attached hydrogen (secondary N) is 1. The summed E-state index contributed by atoms with van der Waals surface area (Å²) in [4.78, 5) is 0.956. The van der Waals surface area contributed by atoms with Crippen LogP contribution in [0, 0.1) is 0 Å². The molecule has 1 N–H and O–H groups in total. The van der Waals surface area contributed by atoms with Gasteiger partial charge in [0.15, 0.2) is 11.4 Å². The predicted octanol–water partition coefficient (Wildman–Crippen LogP) is 4.73. The Morgan fingerprint density at radius 3 is 2.68 bits per heavy atom. The number of methoxy groups -OCH3 is 2. The SMILES string of the molecule is COc1ccccc1SNc1noc2cc(Br)cc(OC)c12. The molecule has 1 heterocycles. The van der Waals surface area contributed by atoms with E-state index in [0.29, 0.717) is 17.2 Å². The predicted molar refractivity (Wildman–Crippen MR) is 90.7 cm³/mol. The fourth-order valence-corrected chi connectivity index (χ4v) is 3.20. The van der Waals surface area contributed by atoms with Crippen LogP contribution in [0.1, 0.15) is 0 Å². The number of nitrogens with zero attached hydrogens (tertiary/aromatic N) is 1. The van der Waals surface area contributed by atoms with E-state index in [-0.39, 0.29) is 0 Å². The van der Waals surface area contributed by atoms with Crippen molar-refractivity contribution in [3.05, 3.63) is 40.9 Å². The molecule has 7 heteroatoms. The Kier molecular flexibility index (Phi) is 4.44. The lowest BCUT2D eigenvalue weighted by Crippen LogP contribution is -1.92. The van der Waals surface area contributed by atoms with E-state index in [1.807, 2.05) is 36.4 Å². The quantitative estimate of drug-likeness (QED) is 0.645. The number of rotatable bonds is 5. The lowest BCUT2D eigenvalue weighted by atomic mass is 10.2. The van der Waals surface area contributed by atoms with Crippen molar-refractivity contribution in [2.24, 2.45) is 0 Å².